The summed E-state index contributed by atoms with van der Waals surface area (Å²) in [6.07, 6.45) is 5.52. The lowest BCUT2D eigenvalue weighted by Crippen LogP contribution is -2.47. The topological polar surface area (TPSA) is 46.3 Å². The molecule has 0 radical (unpaired) electrons. The number of hydrogen-bond acceptors (Lipinski definition) is 3. The van der Waals surface area contributed by atoms with E-state index in [4.69, 9.17) is 0 Å². The maximum Gasteiger partial charge on any atom is 0.259 e. The zero-order valence-electron chi connectivity index (χ0n) is 11.9. The fourth-order valence-electron chi connectivity index (χ4n) is 2.54. The molecule has 6 heteroatoms. The number of aromatic nitrogens is 3. The minimum absolute atomic E-state index is 0.0647. The summed E-state index contributed by atoms with van der Waals surface area (Å²) in [6, 6.07) is 3.88. The van der Waals surface area contributed by atoms with Gasteiger partial charge in [0, 0.05) is 45.6 Å². The largest absolute Gasteiger partial charge is 0.336 e. The van der Waals surface area contributed by atoms with Crippen molar-refractivity contribution in [2.75, 3.05) is 33.2 Å². The molecule has 1 amide bonds. The van der Waals surface area contributed by atoms with Gasteiger partial charge in [-0.1, -0.05) is 0 Å². The van der Waals surface area contributed by atoms with Crippen LogP contribution in [0, 0.1) is 0 Å². The van der Waals surface area contributed by atoms with Crippen LogP contribution in [0.15, 0.2) is 30.7 Å². The van der Waals surface area contributed by atoms with Crippen molar-refractivity contribution in [2.45, 2.75) is 0 Å². The number of rotatable bonds is 2. The molecule has 1 aliphatic rings. The molecular weight excluding hydrogens is 254 g/mol. The van der Waals surface area contributed by atoms with E-state index in [9.17, 15) is 4.79 Å². The molecule has 2 aromatic rings. The second-order valence-electron chi connectivity index (χ2n) is 5.19. The molecule has 0 bridgehead atoms. The summed E-state index contributed by atoms with van der Waals surface area (Å²) in [5.74, 6) is 0.883. The summed E-state index contributed by atoms with van der Waals surface area (Å²) < 4.78 is 3.67. The molecule has 0 aromatic carbocycles. The molecule has 1 aliphatic heterocycles. The van der Waals surface area contributed by atoms with Crippen molar-refractivity contribution in [3.8, 4) is 5.82 Å². The Kier molecular flexibility index (Phi) is 3.31. The first-order valence-electron chi connectivity index (χ1n) is 6.80. The molecule has 0 atom stereocenters. The average molecular weight is 273 g/mol. The van der Waals surface area contributed by atoms with Crippen molar-refractivity contribution in [2.24, 2.45) is 7.05 Å². The van der Waals surface area contributed by atoms with Crippen LogP contribution in [0.4, 0.5) is 0 Å². The molecule has 3 rings (SSSR count). The van der Waals surface area contributed by atoms with E-state index in [0.29, 0.717) is 5.56 Å². The highest BCUT2D eigenvalue weighted by atomic mass is 16.2. The van der Waals surface area contributed by atoms with Gasteiger partial charge in [-0.25, -0.2) is 0 Å². The van der Waals surface area contributed by atoms with Gasteiger partial charge in [-0.3, -0.25) is 9.48 Å². The fourth-order valence-corrected chi connectivity index (χ4v) is 2.54. The van der Waals surface area contributed by atoms with Gasteiger partial charge in [-0.15, -0.1) is 0 Å². The van der Waals surface area contributed by atoms with Gasteiger partial charge >= 0.3 is 0 Å². The van der Waals surface area contributed by atoms with Crippen LogP contribution in [0.1, 0.15) is 10.4 Å². The first-order chi connectivity index (χ1) is 9.66. The van der Waals surface area contributed by atoms with Gasteiger partial charge < -0.3 is 14.4 Å². The van der Waals surface area contributed by atoms with Gasteiger partial charge in [-0.2, -0.15) is 5.10 Å². The van der Waals surface area contributed by atoms with Crippen LogP contribution < -0.4 is 0 Å². The van der Waals surface area contributed by atoms with Crippen molar-refractivity contribution < 1.29 is 4.79 Å². The van der Waals surface area contributed by atoms with Crippen molar-refractivity contribution in [1.82, 2.24) is 24.1 Å². The maximum atomic E-state index is 12.7. The Labute approximate surface area is 118 Å². The second-order valence-corrected chi connectivity index (χ2v) is 5.19. The van der Waals surface area contributed by atoms with Crippen LogP contribution in [0.3, 0.4) is 0 Å². The van der Waals surface area contributed by atoms with Crippen LogP contribution >= 0.6 is 0 Å². The normalized spacial score (nSPS) is 16.6. The lowest BCUT2D eigenvalue weighted by molar-refractivity contribution is 0.0664. The smallest absolute Gasteiger partial charge is 0.259 e. The van der Waals surface area contributed by atoms with E-state index < -0.39 is 0 Å². The van der Waals surface area contributed by atoms with Gasteiger partial charge in [0.2, 0.25) is 0 Å². The van der Waals surface area contributed by atoms with Crippen molar-refractivity contribution in [1.29, 1.82) is 0 Å². The Morgan fingerprint density at radius 1 is 1.10 bits per heavy atom. The fraction of sp³-hybridized carbons (Fsp3) is 0.429. The molecule has 0 unspecified atom stereocenters. The zero-order chi connectivity index (χ0) is 14.1. The number of likely N-dealkylation sites (N-methyl/N-ethyl adjacent to an activating group) is 1. The molecule has 0 saturated carbocycles. The minimum atomic E-state index is 0.0647. The van der Waals surface area contributed by atoms with E-state index >= 15 is 0 Å². The van der Waals surface area contributed by atoms with E-state index in [-0.39, 0.29) is 5.91 Å². The third-order valence-electron chi connectivity index (χ3n) is 3.78. The minimum Gasteiger partial charge on any atom is -0.336 e. The Balaban J connectivity index is 1.89. The Morgan fingerprint density at radius 2 is 1.75 bits per heavy atom. The predicted octanol–water partition coefficient (Wildman–Crippen LogP) is 0.598. The Hall–Kier alpha value is -2.08. The number of amides is 1. The summed E-state index contributed by atoms with van der Waals surface area (Å²) in [6.45, 7) is 3.39. The van der Waals surface area contributed by atoms with Gasteiger partial charge in [0.25, 0.3) is 5.91 Å². The molecular formula is C14H19N5O. The monoisotopic (exact) mass is 273 g/mol. The van der Waals surface area contributed by atoms with Crippen LogP contribution in [-0.4, -0.2) is 63.3 Å². The Bertz CT molecular complexity index is 593. The predicted molar refractivity (Wildman–Crippen MR) is 75.9 cm³/mol. The van der Waals surface area contributed by atoms with Gasteiger partial charge in [0.05, 0.1) is 6.20 Å². The van der Waals surface area contributed by atoms with Gasteiger partial charge in [0.1, 0.15) is 11.4 Å². The number of piperazine rings is 1. The van der Waals surface area contributed by atoms with Crippen LogP contribution in [0.25, 0.3) is 5.82 Å². The Morgan fingerprint density at radius 3 is 2.40 bits per heavy atom. The number of carbonyl (C=O) groups excluding carboxylic acids is 1. The number of aryl methyl sites for hydroxylation is 1. The SMILES string of the molecule is CN1CCN(C(=O)c2cnn(C)c2-n2cccc2)CC1. The van der Waals surface area contributed by atoms with Crippen molar-refractivity contribution >= 4 is 5.91 Å². The molecule has 0 N–H and O–H groups in total. The third-order valence-corrected chi connectivity index (χ3v) is 3.78. The highest BCUT2D eigenvalue weighted by Crippen LogP contribution is 2.17. The molecule has 1 saturated heterocycles. The van der Waals surface area contributed by atoms with E-state index in [2.05, 4.69) is 17.0 Å². The highest BCUT2D eigenvalue weighted by Gasteiger charge is 2.25. The first kappa shape index (κ1) is 12.9. The number of hydrogen-bond donors (Lipinski definition) is 0. The first-order valence-corrected chi connectivity index (χ1v) is 6.80. The van der Waals surface area contributed by atoms with Crippen molar-refractivity contribution in [3.05, 3.63) is 36.3 Å². The van der Waals surface area contributed by atoms with Crippen LogP contribution in [0.5, 0.6) is 0 Å². The average Bonchev–Trinajstić information content (AvgIpc) is 3.07. The number of carbonyl (C=O) groups is 1. The molecule has 2 aromatic heterocycles. The zero-order valence-corrected chi connectivity index (χ0v) is 11.9. The van der Waals surface area contributed by atoms with E-state index in [0.717, 1.165) is 32.0 Å². The summed E-state index contributed by atoms with van der Waals surface area (Å²) >= 11 is 0. The molecule has 0 aliphatic carbocycles. The molecule has 3 heterocycles. The molecule has 1 fully saturated rings. The maximum absolute atomic E-state index is 12.7. The quantitative estimate of drug-likeness (QED) is 0.805. The molecule has 106 valence electrons. The van der Waals surface area contributed by atoms with Crippen molar-refractivity contribution in [3.63, 3.8) is 0 Å². The van der Waals surface area contributed by atoms with E-state index in [1.165, 1.54) is 0 Å². The van der Waals surface area contributed by atoms with Crippen LogP contribution in [-0.2, 0) is 7.05 Å². The summed E-state index contributed by atoms with van der Waals surface area (Å²) in [5.41, 5.74) is 0.660. The third kappa shape index (κ3) is 2.22. The lowest BCUT2D eigenvalue weighted by Gasteiger charge is -2.32. The summed E-state index contributed by atoms with van der Waals surface area (Å²) in [4.78, 5) is 16.8. The van der Waals surface area contributed by atoms with Gasteiger partial charge in [0.15, 0.2) is 0 Å². The van der Waals surface area contributed by atoms with E-state index in [1.54, 1.807) is 10.9 Å². The standard InChI is InChI=1S/C14H19N5O/c1-16-7-9-19(10-8-16)14(20)12-11-15-17(2)13(12)18-5-3-4-6-18/h3-6,11H,7-10H2,1-2H3. The summed E-state index contributed by atoms with van der Waals surface area (Å²) in [5, 5.41) is 4.24. The molecule has 20 heavy (non-hydrogen) atoms. The second kappa shape index (κ2) is 5.13. The van der Waals surface area contributed by atoms with Gasteiger partial charge in [-0.05, 0) is 19.2 Å². The lowest BCUT2D eigenvalue weighted by atomic mass is 10.2. The van der Waals surface area contributed by atoms with E-state index in [1.807, 2.05) is 41.0 Å². The highest BCUT2D eigenvalue weighted by molar-refractivity contribution is 5.97. The number of nitrogens with zero attached hydrogens (tertiary/aromatic N) is 5. The van der Waals surface area contributed by atoms with Crippen LogP contribution in [0.2, 0.25) is 0 Å². The molecule has 0 spiro atoms. The summed E-state index contributed by atoms with van der Waals surface area (Å²) in [7, 11) is 3.94. The molecule has 6 nitrogen and oxygen atoms in total.